The SMILES string of the molecule is CN1CCC(N(C)c2ncnc(NNC(C)(C)C)c2[N+](=O)[O-])CC1. The van der Waals surface area contributed by atoms with Crippen molar-refractivity contribution in [2.45, 2.75) is 45.2 Å². The molecule has 0 unspecified atom stereocenters. The number of hydrogen-bond donors (Lipinski definition) is 2. The Morgan fingerprint density at radius 3 is 2.50 bits per heavy atom. The molecule has 2 heterocycles. The second-order valence-electron chi connectivity index (χ2n) is 7.30. The van der Waals surface area contributed by atoms with E-state index in [1.54, 1.807) is 0 Å². The fourth-order valence-corrected chi connectivity index (χ4v) is 2.69. The van der Waals surface area contributed by atoms with E-state index in [1.165, 1.54) is 6.33 Å². The minimum absolute atomic E-state index is 0.101. The van der Waals surface area contributed by atoms with Crippen LogP contribution in [0, 0.1) is 10.1 Å². The number of nitrogens with one attached hydrogen (secondary N) is 2. The van der Waals surface area contributed by atoms with Crippen LogP contribution in [0.3, 0.4) is 0 Å². The molecule has 1 aromatic rings. The molecule has 9 heteroatoms. The summed E-state index contributed by atoms with van der Waals surface area (Å²) in [4.78, 5) is 23.6. The second-order valence-corrected chi connectivity index (χ2v) is 7.30. The van der Waals surface area contributed by atoms with E-state index in [2.05, 4.69) is 32.8 Å². The molecule has 1 aliphatic rings. The molecule has 134 valence electrons. The molecule has 1 aliphatic heterocycles. The Labute approximate surface area is 142 Å². The van der Waals surface area contributed by atoms with E-state index in [0.29, 0.717) is 5.82 Å². The van der Waals surface area contributed by atoms with Gasteiger partial charge in [0.1, 0.15) is 6.33 Å². The highest BCUT2D eigenvalue weighted by Gasteiger charge is 2.30. The fourth-order valence-electron chi connectivity index (χ4n) is 2.69. The maximum Gasteiger partial charge on any atom is 0.354 e. The van der Waals surface area contributed by atoms with Gasteiger partial charge < -0.3 is 9.80 Å². The van der Waals surface area contributed by atoms with E-state index in [1.807, 2.05) is 32.7 Å². The van der Waals surface area contributed by atoms with E-state index in [9.17, 15) is 10.1 Å². The van der Waals surface area contributed by atoms with Crippen molar-refractivity contribution in [3.63, 3.8) is 0 Å². The van der Waals surface area contributed by atoms with Gasteiger partial charge in [-0.3, -0.25) is 15.5 Å². The van der Waals surface area contributed by atoms with Gasteiger partial charge in [-0.1, -0.05) is 0 Å². The summed E-state index contributed by atoms with van der Waals surface area (Å²) in [5, 5.41) is 11.6. The summed E-state index contributed by atoms with van der Waals surface area (Å²) in [5.74, 6) is 0.530. The third-order valence-electron chi connectivity index (χ3n) is 4.11. The monoisotopic (exact) mass is 337 g/mol. The number of nitro groups is 1. The molecule has 1 fully saturated rings. The minimum Gasteiger partial charge on any atom is -0.351 e. The van der Waals surface area contributed by atoms with E-state index in [-0.39, 0.29) is 23.1 Å². The largest absolute Gasteiger partial charge is 0.354 e. The molecule has 0 spiro atoms. The molecule has 0 atom stereocenters. The predicted molar refractivity (Wildman–Crippen MR) is 94.1 cm³/mol. The summed E-state index contributed by atoms with van der Waals surface area (Å²) >= 11 is 0. The van der Waals surface area contributed by atoms with Crippen LogP contribution in [0.5, 0.6) is 0 Å². The van der Waals surface area contributed by atoms with E-state index >= 15 is 0 Å². The second kappa shape index (κ2) is 7.27. The molecule has 9 nitrogen and oxygen atoms in total. The first-order valence-electron chi connectivity index (χ1n) is 8.13. The fraction of sp³-hybridized carbons (Fsp3) is 0.733. The van der Waals surface area contributed by atoms with Crippen LogP contribution in [0.25, 0.3) is 0 Å². The van der Waals surface area contributed by atoms with Gasteiger partial charge in [-0.25, -0.2) is 15.4 Å². The third-order valence-corrected chi connectivity index (χ3v) is 4.11. The number of aromatic nitrogens is 2. The molecular weight excluding hydrogens is 310 g/mol. The van der Waals surface area contributed by atoms with Gasteiger partial charge in [0.05, 0.1) is 4.92 Å². The maximum atomic E-state index is 11.6. The maximum absolute atomic E-state index is 11.6. The van der Waals surface area contributed by atoms with Gasteiger partial charge in [-0.05, 0) is 53.8 Å². The molecule has 2 N–H and O–H groups in total. The van der Waals surface area contributed by atoms with Crippen molar-refractivity contribution in [3.05, 3.63) is 16.4 Å². The lowest BCUT2D eigenvalue weighted by Gasteiger charge is -2.35. The van der Waals surface area contributed by atoms with Gasteiger partial charge in [0.25, 0.3) is 0 Å². The molecule has 1 saturated heterocycles. The predicted octanol–water partition coefficient (Wildman–Crippen LogP) is 1.63. The number of nitrogens with zero attached hydrogens (tertiary/aromatic N) is 5. The van der Waals surface area contributed by atoms with Gasteiger partial charge in [0.15, 0.2) is 0 Å². The Balaban J connectivity index is 2.27. The summed E-state index contributed by atoms with van der Waals surface area (Å²) in [6.45, 7) is 7.82. The summed E-state index contributed by atoms with van der Waals surface area (Å²) in [6, 6.07) is 0.234. The molecule has 1 aromatic heterocycles. The molecule has 0 radical (unpaired) electrons. The first-order valence-corrected chi connectivity index (χ1v) is 8.13. The topological polar surface area (TPSA) is 99.5 Å². The molecule has 0 saturated carbocycles. The molecule has 0 aromatic carbocycles. The van der Waals surface area contributed by atoms with Gasteiger partial charge >= 0.3 is 5.69 Å². The Hall–Kier alpha value is -2.00. The Kier molecular flexibility index (Phi) is 5.55. The number of likely N-dealkylation sites (tertiary alicyclic amines) is 1. The Bertz CT molecular complexity index is 580. The van der Waals surface area contributed by atoms with Crippen LogP contribution < -0.4 is 15.8 Å². The number of anilines is 2. The van der Waals surface area contributed by atoms with Crippen molar-refractivity contribution in [2.24, 2.45) is 0 Å². The van der Waals surface area contributed by atoms with Crippen LogP contribution in [-0.2, 0) is 0 Å². The normalized spacial score (nSPS) is 16.9. The number of rotatable bonds is 5. The van der Waals surface area contributed by atoms with Crippen LogP contribution in [-0.4, -0.2) is 58.6 Å². The zero-order valence-electron chi connectivity index (χ0n) is 15.0. The Morgan fingerprint density at radius 2 is 1.96 bits per heavy atom. The van der Waals surface area contributed by atoms with Crippen molar-refractivity contribution < 1.29 is 4.92 Å². The molecule has 0 bridgehead atoms. The number of hydrogen-bond acceptors (Lipinski definition) is 8. The van der Waals surface area contributed by atoms with Crippen molar-refractivity contribution >= 4 is 17.3 Å². The van der Waals surface area contributed by atoms with Crippen molar-refractivity contribution in [2.75, 3.05) is 37.5 Å². The highest BCUT2D eigenvalue weighted by molar-refractivity contribution is 5.70. The highest BCUT2D eigenvalue weighted by Crippen LogP contribution is 2.33. The standard InChI is InChI=1S/C15H27N7O2/c1-15(2,3)19-18-13-12(22(23)24)14(17-10-16-13)21(5)11-6-8-20(4)9-7-11/h10-11,19H,6-9H2,1-5H3,(H,16,17,18). The average Bonchev–Trinajstić information content (AvgIpc) is 2.51. The molecule has 2 rings (SSSR count). The van der Waals surface area contributed by atoms with Crippen LogP contribution in [0.4, 0.5) is 17.3 Å². The van der Waals surface area contributed by atoms with Gasteiger partial charge in [-0.2, -0.15) is 0 Å². The van der Waals surface area contributed by atoms with Gasteiger partial charge in [0, 0.05) is 18.6 Å². The molecular formula is C15H27N7O2. The van der Waals surface area contributed by atoms with E-state index in [0.717, 1.165) is 25.9 Å². The number of hydrazine groups is 1. The zero-order chi connectivity index (χ0) is 17.9. The first kappa shape index (κ1) is 18.3. The van der Waals surface area contributed by atoms with Crippen molar-refractivity contribution in [3.8, 4) is 0 Å². The van der Waals surface area contributed by atoms with Gasteiger partial charge in [-0.15, -0.1) is 0 Å². The summed E-state index contributed by atoms with van der Waals surface area (Å²) in [7, 11) is 3.95. The van der Waals surface area contributed by atoms with Crippen LogP contribution in [0.2, 0.25) is 0 Å². The van der Waals surface area contributed by atoms with Gasteiger partial charge in [0.2, 0.25) is 11.6 Å². The molecule has 0 aliphatic carbocycles. The van der Waals surface area contributed by atoms with Crippen LogP contribution in [0.15, 0.2) is 6.33 Å². The van der Waals surface area contributed by atoms with E-state index in [4.69, 9.17) is 0 Å². The zero-order valence-corrected chi connectivity index (χ0v) is 15.0. The van der Waals surface area contributed by atoms with Crippen molar-refractivity contribution in [1.82, 2.24) is 20.3 Å². The molecule has 24 heavy (non-hydrogen) atoms. The number of piperidine rings is 1. The lowest BCUT2D eigenvalue weighted by Crippen LogP contribution is -2.43. The van der Waals surface area contributed by atoms with Crippen LogP contribution >= 0.6 is 0 Å². The highest BCUT2D eigenvalue weighted by atomic mass is 16.6. The summed E-state index contributed by atoms with van der Waals surface area (Å²) < 4.78 is 0. The Morgan fingerprint density at radius 1 is 1.33 bits per heavy atom. The first-order chi connectivity index (χ1) is 11.2. The lowest BCUT2D eigenvalue weighted by molar-refractivity contribution is -0.383. The van der Waals surface area contributed by atoms with Crippen molar-refractivity contribution in [1.29, 1.82) is 0 Å². The average molecular weight is 337 g/mol. The van der Waals surface area contributed by atoms with Crippen LogP contribution in [0.1, 0.15) is 33.6 Å². The summed E-state index contributed by atoms with van der Waals surface area (Å²) in [5.41, 5.74) is 5.52. The smallest absolute Gasteiger partial charge is 0.351 e. The van der Waals surface area contributed by atoms with E-state index < -0.39 is 4.92 Å². The molecule has 0 amide bonds. The lowest BCUT2D eigenvalue weighted by atomic mass is 10.0. The summed E-state index contributed by atoms with van der Waals surface area (Å²) in [6.07, 6.45) is 3.27. The minimum atomic E-state index is -0.423. The quantitative estimate of drug-likeness (QED) is 0.618. The third kappa shape index (κ3) is 4.51.